The Bertz CT molecular complexity index is 773. The fourth-order valence-corrected chi connectivity index (χ4v) is 2.94. The standard InChI is InChI=1S/C15H21N5O3S/c1-12(19-24(2,22)23)15(21)16-10-14-18-17-11-20(14)9-8-13-6-4-3-5-7-13/h3-7,11-12,19H,8-10H2,1-2H3,(H,16,21)/t12-/m1/s1. The van der Waals surface area contributed by atoms with E-state index < -0.39 is 22.0 Å². The van der Waals surface area contributed by atoms with Crippen molar-refractivity contribution in [1.29, 1.82) is 0 Å². The molecule has 130 valence electrons. The van der Waals surface area contributed by atoms with Crippen molar-refractivity contribution in [2.75, 3.05) is 6.26 Å². The molecular formula is C15H21N5O3S. The summed E-state index contributed by atoms with van der Waals surface area (Å²) in [7, 11) is -3.43. The minimum Gasteiger partial charge on any atom is -0.347 e. The maximum absolute atomic E-state index is 11.9. The van der Waals surface area contributed by atoms with E-state index in [1.54, 1.807) is 6.33 Å². The predicted octanol–water partition coefficient (Wildman–Crippen LogP) is 0.0747. The first-order valence-corrected chi connectivity index (χ1v) is 9.40. The van der Waals surface area contributed by atoms with Crippen LogP contribution in [0.1, 0.15) is 18.3 Å². The molecule has 0 aliphatic carbocycles. The van der Waals surface area contributed by atoms with Crippen LogP contribution < -0.4 is 10.0 Å². The summed E-state index contributed by atoms with van der Waals surface area (Å²) >= 11 is 0. The highest BCUT2D eigenvalue weighted by Gasteiger charge is 2.17. The Morgan fingerprint density at radius 2 is 2.00 bits per heavy atom. The second-order valence-electron chi connectivity index (χ2n) is 5.51. The van der Waals surface area contributed by atoms with Crippen molar-refractivity contribution in [3.63, 3.8) is 0 Å². The molecule has 2 rings (SSSR count). The average molecular weight is 351 g/mol. The molecule has 1 amide bonds. The zero-order valence-electron chi connectivity index (χ0n) is 13.6. The summed E-state index contributed by atoms with van der Waals surface area (Å²) in [5, 5.41) is 10.5. The Balaban J connectivity index is 1.87. The minimum atomic E-state index is -3.43. The van der Waals surface area contributed by atoms with Crippen molar-refractivity contribution in [2.24, 2.45) is 0 Å². The lowest BCUT2D eigenvalue weighted by Gasteiger charge is -2.13. The highest BCUT2D eigenvalue weighted by molar-refractivity contribution is 7.88. The molecule has 0 unspecified atom stereocenters. The van der Waals surface area contributed by atoms with Gasteiger partial charge in [-0.25, -0.2) is 13.1 Å². The minimum absolute atomic E-state index is 0.184. The third kappa shape index (κ3) is 5.74. The number of nitrogens with one attached hydrogen (secondary N) is 2. The van der Waals surface area contributed by atoms with Crippen molar-refractivity contribution in [3.8, 4) is 0 Å². The van der Waals surface area contributed by atoms with Crippen LogP contribution in [0.15, 0.2) is 36.7 Å². The van der Waals surface area contributed by atoms with Crippen molar-refractivity contribution in [3.05, 3.63) is 48.0 Å². The van der Waals surface area contributed by atoms with E-state index in [0.717, 1.165) is 12.7 Å². The summed E-state index contributed by atoms with van der Waals surface area (Å²) in [6, 6.07) is 9.18. The van der Waals surface area contributed by atoms with Gasteiger partial charge in [-0.2, -0.15) is 0 Å². The number of benzene rings is 1. The van der Waals surface area contributed by atoms with E-state index in [2.05, 4.69) is 20.2 Å². The Hall–Kier alpha value is -2.26. The molecular weight excluding hydrogens is 330 g/mol. The van der Waals surface area contributed by atoms with Crippen molar-refractivity contribution in [2.45, 2.75) is 32.5 Å². The molecule has 24 heavy (non-hydrogen) atoms. The van der Waals surface area contributed by atoms with Crippen LogP contribution in [0.4, 0.5) is 0 Å². The van der Waals surface area contributed by atoms with Crippen LogP contribution in [0.5, 0.6) is 0 Å². The number of amides is 1. The first-order valence-electron chi connectivity index (χ1n) is 7.51. The van der Waals surface area contributed by atoms with Gasteiger partial charge < -0.3 is 9.88 Å². The van der Waals surface area contributed by atoms with Crippen molar-refractivity contribution < 1.29 is 13.2 Å². The largest absolute Gasteiger partial charge is 0.347 e. The van der Waals surface area contributed by atoms with Crippen LogP contribution in [-0.4, -0.2) is 41.4 Å². The molecule has 0 saturated carbocycles. The molecule has 1 heterocycles. The van der Waals surface area contributed by atoms with Gasteiger partial charge in [-0.15, -0.1) is 10.2 Å². The van der Waals surface area contributed by atoms with Crippen LogP contribution in [-0.2, 0) is 34.3 Å². The topological polar surface area (TPSA) is 106 Å². The second kappa shape index (κ2) is 8.02. The van der Waals surface area contributed by atoms with E-state index in [9.17, 15) is 13.2 Å². The number of rotatable bonds is 8. The number of hydrogen-bond donors (Lipinski definition) is 2. The number of carbonyl (C=O) groups is 1. The number of sulfonamides is 1. The summed E-state index contributed by atoms with van der Waals surface area (Å²) in [6.45, 7) is 2.36. The van der Waals surface area contributed by atoms with E-state index in [1.807, 2.05) is 34.9 Å². The summed E-state index contributed by atoms with van der Waals surface area (Å²) < 4.78 is 26.4. The third-order valence-corrected chi connectivity index (χ3v) is 4.17. The number of nitrogens with zero attached hydrogens (tertiary/aromatic N) is 3. The molecule has 0 saturated heterocycles. The van der Waals surface area contributed by atoms with Crippen LogP contribution in [0, 0.1) is 0 Å². The Kier molecular flexibility index (Phi) is 6.04. The van der Waals surface area contributed by atoms with E-state index in [4.69, 9.17) is 0 Å². The lowest BCUT2D eigenvalue weighted by atomic mass is 10.1. The zero-order chi connectivity index (χ0) is 17.6. The van der Waals surface area contributed by atoms with Crippen LogP contribution >= 0.6 is 0 Å². The van der Waals surface area contributed by atoms with Gasteiger partial charge in [-0.05, 0) is 18.9 Å². The summed E-state index contributed by atoms with van der Waals surface area (Å²) in [6.07, 6.45) is 3.45. The van der Waals surface area contributed by atoms with Gasteiger partial charge in [0.1, 0.15) is 6.33 Å². The summed E-state index contributed by atoms with van der Waals surface area (Å²) in [4.78, 5) is 11.9. The molecule has 1 aromatic heterocycles. The molecule has 9 heteroatoms. The number of carbonyl (C=O) groups excluding carboxylic acids is 1. The SMILES string of the molecule is C[C@@H](NS(C)(=O)=O)C(=O)NCc1nncn1CCc1ccccc1. The molecule has 0 spiro atoms. The normalized spacial score (nSPS) is 12.8. The van der Waals surface area contributed by atoms with Gasteiger partial charge in [0.2, 0.25) is 15.9 Å². The Morgan fingerprint density at radius 1 is 1.29 bits per heavy atom. The van der Waals surface area contributed by atoms with E-state index in [-0.39, 0.29) is 6.54 Å². The monoisotopic (exact) mass is 351 g/mol. The molecule has 0 aliphatic rings. The summed E-state index contributed by atoms with van der Waals surface area (Å²) in [5.41, 5.74) is 1.20. The quantitative estimate of drug-likeness (QED) is 0.700. The highest BCUT2D eigenvalue weighted by atomic mass is 32.2. The smallest absolute Gasteiger partial charge is 0.238 e. The number of aromatic nitrogens is 3. The third-order valence-electron chi connectivity index (χ3n) is 3.38. The Morgan fingerprint density at radius 3 is 2.67 bits per heavy atom. The molecule has 0 fully saturated rings. The molecule has 1 aromatic carbocycles. The van der Waals surface area contributed by atoms with Gasteiger partial charge in [0, 0.05) is 6.54 Å². The highest BCUT2D eigenvalue weighted by Crippen LogP contribution is 2.03. The van der Waals surface area contributed by atoms with Crippen LogP contribution in [0.2, 0.25) is 0 Å². The van der Waals surface area contributed by atoms with E-state index in [1.165, 1.54) is 12.5 Å². The molecule has 0 aliphatic heterocycles. The molecule has 0 radical (unpaired) electrons. The lowest BCUT2D eigenvalue weighted by Crippen LogP contribution is -2.44. The van der Waals surface area contributed by atoms with E-state index >= 15 is 0 Å². The predicted molar refractivity (Wildman–Crippen MR) is 89.5 cm³/mol. The van der Waals surface area contributed by atoms with Crippen LogP contribution in [0.25, 0.3) is 0 Å². The molecule has 0 bridgehead atoms. The maximum Gasteiger partial charge on any atom is 0.238 e. The summed E-state index contributed by atoms with van der Waals surface area (Å²) in [5.74, 6) is 0.198. The van der Waals surface area contributed by atoms with Gasteiger partial charge in [-0.1, -0.05) is 30.3 Å². The van der Waals surface area contributed by atoms with Gasteiger partial charge in [0.15, 0.2) is 5.82 Å². The first-order chi connectivity index (χ1) is 11.3. The van der Waals surface area contributed by atoms with Gasteiger partial charge in [0.25, 0.3) is 0 Å². The van der Waals surface area contributed by atoms with Gasteiger partial charge in [0.05, 0.1) is 18.8 Å². The Labute approximate surface area is 141 Å². The fraction of sp³-hybridized carbons (Fsp3) is 0.400. The van der Waals surface area contributed by atoms with Crippen molar-refractivity contribution >= 4 is 15.9 Å². The number of aryl methyl sites for hydroxylation is 2. The maximum atomic E-state index is 11.9. The van der Waals surface area contributed by atoms with Crippen molar-refractivity contribution in [1.82, 2.24) is 24.8 Å². The first kappa shape index (κ1) is 18.1. The average Bonchev–Trinajstić information content (AvgIpc) is 2.97. The van der Waals surface area contributed by atoms with Gasteiger partial charge >= 0.3 is 0 Å². The number of hydrogen-bond acceptors (Lipinski definition) is 5. The fourth-order valence-electron chi connectivity index (χ4n) is 2.19. The second-order valence-corrected chi connectivity index (χ2v) is 7.29. The molecule has 8 nitrogen and oxygen atoms in total. The lowest BCUT2D eigenvalue weighted by molar-refractivity contribution is -0.122. The van der Waals surface area contributed by atoms with E-state index in [0.29, 0.717) is 12.4 Å². The molecule has 1 atom stereocenters. The molecule has 2 aromatic rings. The van der Waals surface area contributed by atoms with Gasteiger partial charge in [-0.3, -0.25) is 4.79 Å². The zero-order valence-corrected chi connectivity index (χ0v) is 14.5. The van der Waals surface area contributed by atoms with Crippen LogP contribution in [0.3, 0.4) is 0 Å². The molecule has 2 N–H and O–H groups in total.